The summed E-state index contributed by atoms with van der Waals surface area (Å²) in [7, 11) is 1.46. The van der Waals surface area contributed by atoms with Gasteiger partial charge in [-0.15, -0.1) is 0 Å². The van der Waals surface area contributed by atoms with E-state index in [0.717, 1.165) is 12.1 Å². The van der Waals surface area contributed by atoms with E-state index in [0.29, 0.717) is 5.56 Å². The van der Waals surface area contributed by atoms with E-state index in [4.69, 9.17) is 5.11 Å². The van der Waals surface area contributed by atoms with E-state index in [1.54, 1.807) is 0 Å². The molecular formula is C16H21F3N2O3. The Morgan fingerprint density at radius 2 is 1.75 bits per heavy atom. The molecule has 1 rings (SSSR count). The number of carbonyl (C=O) groups excluding carboxylic acids is 1. The van der Waals surface area contributed by atoms with Gasteiger partial charge in [-0.05, 0) is 23.6 Å². The first-order valence-electron chi connectivity index (χ1n) is 7.43. The van der Waals surface area contributed by atoms with E-state index < -0.39 is 29.8 Å². The number of carbonyl (C=O) groups is 2. The zero-order chi connectivity index (χ0) is 18.5. The average Bonchev–Trinajstić information content (AvgIpc) is 2.48. The van der Waals surface area contributed by atoms with Gasteiger partial charge in [-0.3, -0.25) is 4.79 Å². The molecule has 0 aromatic heterocycles. The summed E-state index contributed by atoms with van der Waals surface area (Å²) in [4.78, 5) is 23.9. The number of rotatable bonds is 6. The number of hydrogen-bond donors (Lipinski definition) is 2. The van der Waals surface area contributed by atoms with Gasteiger partial charge < -0.3 is 15.3 Å². The Balaban J connectivity index is 2.84. The molecule has 0 aliphatic rings. The second-order valence-corrected chi connectivity index (χ2v) is 5.86. The van der Waals surface area contributed by atoms with Crippen molar-refractivity contribution >= 4 is 12.0 Å². The second-order valence-electron chi connectivity index (χ2n) is 5.86. The molecular weight excluding hydrogens is 325 g/mol. The summed E-state index contributed by atoms with van der Waals surface area (Å²) in [6, 6.07) is 3.67. The molecule has 0 saturated carbocycles. The molecule has 0 radical (unpaired) electrons. The molecule has 1 aromatic rings. The zero-order valence-corrected chi connectivity index (χ0v) is 13.7. The molecule has 0 bridgehead atoms. The minimum Gasteiger partial charge on any atom is -0.481 e. The maximum absolute atomic E-state index is 12.6. The standard InChI is InChI=1S/C16H21F3N2O3/c1-10(2)14(20-15(24)21(3)9-8-13(22)23)11-4-6-12(7-5-11)16(17,18)19/h4-7,10,14H,8-9H2,1-3H3,(H,20,24)(H,22,23). The summed E-state index contributed by atoms with van der Waals surface area (Å²) in [5.41, 5.74) is -0.198. The number of carboxylic acids is 1. The number of benzene rings is 1. The highest BCUT2D eigenvalue weighted by Crippen LogP contribution is 2.31. The number of carboxylic acid groups (broad SMARTS) is 1. The minimum absolute atomic E-state index is 0.0407. The van der Waals surface area contributed by atoms with Crippen molar-refractivity contribution in [1.82, 2.24) is 10.2 Å². The van der Waals surface area contributed by atoms with Crippen molar-refractivity contribution in [1.29, 1.82) is 0 Å². The summed E-state index contributed by atoms with van der Waals surface area (Å²) in [6.07, 6.45) is -4.59. The first-order chi connectivity index (χ1) is 11.0. The molecule has 24 heavy (non-hydrogen) atoms. The summed E-state index contributed by atoms with van der Waals surface area (Å²) >= 11 is 0. The fourth-order valence-corrected chi connectivity index (χ4v) is 2.12. The van der Waals surface area contributed by atoms with Gasteiger partial charge in [0.1, 0.15) is 0 Å². The van der Waals surface area contributed by atoms with Crippen LogP contribution in [-0.4, -0.2) is 35.6 Å². The van der Waals surface area contributed by atoms with E-state index in [9.17, 15) is 22.8 Å². The Morgan fingerprint density at radius 3 is 2.17 bits per heavy atom. The lowest BCUT2D eigenvalue weighted by molar-refractivity contribution is -0.138. The number of urea groups is 1. The molecule has 0 heterocycles. The highest BCUT2D eigenvalue weighted by atomic mass is 19.4. The molecule has 2 amide bonds. The fraction of sp³-hybridized carbons (Fsp3) is 0.500. The Hall–Kier alpha value is -2.25. The largest absolute Gasteiger partial charge is 0.481 e. The van der Waals surface area contributed by atoms with Crippen molar-refractivity contribution < 1.29 is 27.9 Å². The van der Waals surface area contributed by atoms with Crippen LogP contribution in [0.15, 0.2) is 24.3 Å². The second kappa shape index (κ2) is 8.03. The maximum atomic E-state index is 12.6. The number of amides is 2. The highest BCUT2D eigenvalue weighted by Gasteiger charge is 2.30. The molecule has 1 unspecified atom stereocenters. The normalized spacial score (nSPS) is 12.8. The van der Waals surface area contributed by atoms with Crippen LogP contribution >= 0.6 is 0 Å². The minimum atomic E-state index is -4.41. The molecule has 134 valence electrons. The van der Waals surface area contributed by atoms with Gasteiger partial charge in [0.25, 0.3) is 0 Å². The third-order valence-corrected chi connectivity index (χ3v) is 3.55. The van der Waals surface area contributed by atoms with Gasteiger partial charge in [-0.1, -0.05) is 26.0 Å². The van der Waals surface area contributed by atoms with Crippen LogP contribution in [0.5, 0.6) is 0 Å². The van der Waals surface area contributed by atoms with Gasteiger partial charge in [-0.2, -0.15) is 13.2 Å². The first-order valence-corrected chi connectivity index (χ1v) is 7.43. The van der Waals surface area contributed by atoms with Crippen molar-refractivity contribution in [3.63, 3.8) is 0 Å². The third-order valence-electron chi connectivity index (χ3n) is 3.55. The zero-order valence-electron chi connectivity index (χ0n) is 13.7. The van der Waals surface area contributed by atoms with Crippen molar-refractivity contribution in [3.05, 3.63) is 35.4 Å². The van der Waals surface area contributed by atoms with Crippen LogP contribution in [0.25, 0.3) is 0 Å². The van der Waals surface area contributed by atoms with E-state index in [1.165, 1.54) is 24.1 Å². The van der Waals surface area contributed by atoms with Crippen LogP contribution in [0.3, 0.4) is 0 Å². The molecule has 0 aliphatic heterocycles. The number of hydrogen-bond acceptors (Lipinski definition) is 2. The van der Waals surface area contributed by atoms with Crippen LogP contribution in [0.2, 0.25) is 0 Å². The number of nitrogens with one attached hydrogen (secondary N) is 1. The van der Waals surface area contributed by atoms with Gasteiger partial charge in [0, 0.05) is 13.6 Å². The van der Waals surface area contributed by atoms with Crippen LogP contribution in [0, 0.1) is 5.92 Å². The van der Waals surface area contributed by atoms with E-state index in [1.807, 2.05) is 13.8 Å². The maximum Gasteiger partial charge on any atom is 0.416 e. The van der Waals surface area contributed by atoms with Gasteiger partial charge in [0.15, 0.2) is 0 Å². The van der Waals surface area contributed by atoms with Crippen LogP contribution in [0.4, 0.5) is 18.0 Å². The lowest BCUT2D eigenvalue weighted by atomic mass is 9.95. The summed E-state index contributed by atoms with van der Waals surface area (Å²) in [5, 5.41) is 11.4. The number of nitrogens with zero attached hydrogens (tertiary/aromatic N) is 1. The molecule has 0 spiro atoms. The SMILES string of the molecule is CC(C)C(NC(=O)N(C)CCC(=O)O)c1ccc(C(F)(F)F)cc1. The summed E-state index contributed by atoms with van der Waals surface area (Å²) in [5.74, 6) is -1.07. The monoisotopic (exact) mass is 346 g/mol. The van der Waals surface area contributed by atoms with E-state index in [-0.39, 0.29) is 18.9 Å². The lowest BCUT2D eigenvalue weighted by Gasteiger charge is -2.26. The predicted octanol–water partition coefficient (Wildman–Crippen LogP) is 3.52. The van der Waals surface area contributed by atoms with Crippen molar-refractivity contribution in [2.45, 2.75) is 32.5 Å². The van der Waals surface area contributed by atoms with Crippen molar-refractivity contribution in [2.75, 3.05) is 13.6 Å². The molecule has 5 nitrogen and oxygen atoms in total. The summed E-state index contributed by atoms with van der Waals surface area (Å²) < 4.78 is 37.9. The Morgan fingerprint density at radius 1 is 1.21 bits per heavy atom. The molecule has 1 aromatic carbocycles. The van der Waals surface area contributed by atoms with Gasteiger partial charge in [-0.25, -0.2) is 4.79 Å². The molecule has 2 N–H and O–H groups in total. The van der Waals surface area contributed by atoms with E-state index >= 15 is 0 Å². The quantitative estimate of drug-likeness (QED) is 0.828. The number of halogens is 3. The Labute approximate surface area is 138 Å². The third kappa shape index (κ3) is 5.75. The smallest absolute Gasteiger partial charge is 0.416 e. The van der Waals surface area contributed by atoms with E-state index in [2.05, 4.69) is 5.32 Å². The van der Waals surface area contributed by atoms with Crippen LogP contribution in [0.1, 0.15) is 37.4 Å². The van der Waals surface area contributed by atoms with Gasteiger partial charge in [0.05, 0.1) is 18.0 Å². The molecule has 1 atom stereocenters. The van der Waals surface area contributed by atoms with Crippen molar-refractivity contribution in [3.8, 4) is 0 Å². The average molecular weight is 346 g/mol. The van der Waals surface area contributed by atoms with Crippen LogP contribution < -0.4 is 5.32 Å². The highest BCUT2D eigenvalue weighted by molar-refractivity contribution is 5.75. The number of aliphatic carboxylic acids is 1. The summed E-state index contributed by atoms with van der Waals surface area (Å²) in [6.45, 7) is 3.71. The van der Waals surface area contributed by atoms with Gasteiger partial charge >= 0.3 is 18.2 Å². The van der Waals surface area contributed by atoms with Crippen molar-refractivity contribution in [2.24, 2.45) is 5.92 Å². The molecule has 0 saturated heterocycles. The Kier molecular flexibility index (Phi) is 6.62. The fourth-order valence-electron chi connectivity index (χ4n) is 2.12. The molecule has 0 aliphatic carbocycles. The van der Waals surface area contributed by atoms with Crippen LogP contribution in [-0.2, 0) is 11.0 Å². The predicted molar refractivity (Wildman–Crippen MR) is 82.4 cm³/mol. The topological polar surface area (TPSA) is 69.6 Å². The lowest BCUT2D eigenvalue weighted by Crippen LogP contribution is -2.41. The van der Waals surface area contributed by atoms with Gasteiger partial charge in [0.2, 0.25) is 0 Å². The molecule has 0 fully saturated rings. The Bertz CT molecular complexity index is 571. The first kappa shape index (κ1) is 19.8. The number of alkyl halides is 3. The molecule has 8 heteroatoms.